The van der Waals surface area contributed by atoms with E-state index in [0.717, 1.165) is 12.0 Å². The fourth-order valence-corrected chi connectivity index (χ4v) is 1.02. The summed E-state index contributed by atoms with van der Waals surface area (Å²) in [4.78, 5) is 2.91. The Balaban J connectivity index is 3.12. The summed E-state index contributed by atoms with van der Waals surface area (Å²) in [5, 5.41) is 8.55. The number of aromatic nitrogens is 1. The van der Waals surface area contributed by atoms with E-state index in [1.165, 1.54) is 5.56 Å². The maximum absolute atomic E-state index is 8.55. The zero-order valence-corrected chi connectivity index (χ0v) is 6.23. The van der Waals surface area contributed by atoms with Gasteiger partial charge in [-0.1, -0.05) is 6.92 Å². The largest absolute Gasteiger partial charge is 0.353 e. The summed E-state index contributed by atoms with van der Waals surface area (Å²) >= 11 is 0. The van der Waals surface area contributed by atoms with E-state index in [1.807, 2.05) is 13.1 Å². The van der Waals surface area contributed by atoms with Gasteiger partial charge in [-0.15, -0.1) is 0 Å². The van der Waals surface area contributed by atoms with E-state index in [2.05, 4.69) is 18.0 Å². The normalized spacial score (nSPS) is 9.30. The summed E-state index contributed by atoms with van der Waals surface area (Å²) in [7, 11) is 0. The standard InChI is InChI=1S/C8H10N2/c1-3-7-5-10-8(4-9)6(7)2/h5,10H,3H2,1-2H3. The molecule has 0 atom stereocenters. The fourth-order valence-electron chi connectivity index (χ4n) is 1.02. The number of nitriles is 1. The third-order valence-electron chi connectivity index (χ3n) is 1.74. The van der Waals surface area contributed by atoms with E-state index in [4.69, 9.17) is 5.26 Å². The number of nitrogens with zero attached hydrogens (tertiary/aromatic N) is 1. The molecule has 10 heavy (non-hydrogen) atoms. The monoisotopic (exact) mass is 134 g/mol. The van der Waals surface area contributed by atoms with Gasteiger partial charge in [-0.05, 0) is 24.5 Å². The first-order valence-corrected chi connectivity index (χ1v) is 3.36. The highest BCUT2D eigenvalue weighted by molar-refractivity contribution is 5.37. The highest BCUT2D eigenvalue weighted by Crippen LogP contribution is 2.11. The smallest absolute Gasteiger partial charge is 0.120 e. The number of rotatable bonds is 1. The van der Waals surface area contributed by atoms with Gasteiger partial charge in [0, 0.05) is 6.20 Å². The molecular formula is C8H10N2. The van der Waals surface area contributed by atoms with Crippen molar-refractivity contribution in [2.75, 3.05) is 0 Å². The zero-order chi connectivity index (χ0) is 7.56. The van der Waals surface area contributed by atoms with Crippen LogP contribution in [0.2, 0.25) is 0 Å². The van der Waals surface area contributed by atoms with Crippen molar-refractivity contribution in [3.05, 3.63) is 23.0 Å². The van der Waals surface area contributed by atoms with Crippen molar-refractivity contribution in [2.24, 2.45) is 0 Å². The lowest BCUT2D eigenvalue weighted by atomic mass is 10.1. The zero-order valence-electron chi connectivity index (χ0n) is 6.23. The van der Waals surface area contributed by atoms with Gasteiger partial charge in [0.15, 0.2) is 0 Å². The van der Waals surface area contributed by atoms with Gasteiger partial charge in [0.2, 0.25) is 0 Å². The second-order valence-electron chi connectivity index (χ2n) is 2.28. The number of hydrogen-bond donors (Lipinski definition) is 1. The SMILES string of the molecule is CCc1c[nH]c(C#N)c1C. The quantitative estimate of drug-likeness (QED) is 0.624. The van der Waals surface area contributed by atoms with Crippen LogP contribution in [-0.2, 0) is 6.42 Å². The molecule has 0 spiro atoms. The lowest BCUT2D eigenvalue weighted by Crippen LogP contribution is -1.80. The lowest BCUT2D eigenvalue weighted by Gasteiger charge is -1.89. The first kappa shape index (κ1) is 6.88. The highest BCUT2D eigenvalue weighted by Gasteiger charge is 2.02. The van der Waals surface area contributed by atoms with Gasteiger partial charge in [0.25, 0.3) is 0 Å². The molecule has 0 aliphatic heterocycles. The molecule has 2 nitrogen and oxygen atoms in total. The van der Waals surface area contributed by atoms with E-state index in [9.17, 15) is 0 Å². The molecule has 1 N–H and O–H groups in total. The Hall–Kier alpha value is -1.23. The molecule has 1 heterocycles. The molecule has 0 bridgehead atoms. The van der Waals surface area contributed by atoms with E-state index in [1.54, 1.807) is 0 Å². The third kappa shape index (κ3) is 0.906. The van der Waals surface area contributed by atoms with Gasteiger partial charge < -0.3 is 4.98 Å². The van der Waals surface area contributed by atoms with Crippen LogP contribution in [0.4, 0.5) is 0 Å². The summed E-state index contributed by atoms with van der Waals surface area (Å²) in [5.41, 5.74) is 3.01. The van der Waals surface area contributed by atoms with Gasteiger partial charge in [0.05, 0.1) is 0 Å². The predicted molar refractivity (Wildman–Crippen MR) is 39.6 cm³/mol. The Bertz CT molecular complexity index is 265. The first-order valence-electron chi connectivity index (χ1n) is 3.36. The maximum atomic E-state index is 8.55. The fraction of sp³-hybridized carbons (Fsp3) is 0.375. The molecule has 0 saturated heterocycles. The molecular weight excluding hydrogens is 124 g/mol. The van der Waals surface area contributed by atoms with Crippen molar-refractivity contribution in [3.8, 4) is 6.07 Å². The van der Waals surface area contributed by atoms with Crippen molar-refractivity contribution < 1.29 is 0 Å². The molecule has 2 heteroatoms. The second-order valence-corrected chi connectivity index (χ2v) is 2.28. The molecule has 0 saturated carbocycles. The van der Waals surface area contributed by atoms with Crippen molar-refractivity contribution in [3.63, 3.8) is 0 Å². The summed E-state index contributed by atoms with van der Waals surface area (Å²) in [6.07, 6.45) is 2.89. The average molecular weight is 134 g/mol. The van der Waals surface area contributed by atoms with Crippen LogP contribution in [0.25, 0.3) is 0 Å². The van der Waals surface area contributed by atoms with Crippen LogP contribution >= 0.6 is 0 Å². The van der Waals surface area contributed by atoms with Crippen LogP contribution < -0.4 is 0 Å². The Morgan fingerprint density at radius 1 is 1.70 bits per heavy atom. The number of nitrogens with one attached hydrogen (secondary N) is 1. The topological polar surface area (TPSA) is 39.6 Å². The molecule has 0 aromatic carbocycles. The Labute approximate surface area is 60.5 Å². The van der Waals surface area contributed by atoms with Crippen molar-refractivity contribution in [1.29, 1.82) is 5.26 Å². The molecule has 1 rings (SSSR count). The van der Waals surface area contributed by atoms with Gasteiger partial charge in [-0.25, -0.2) is 0 Å². The maximum Gasteiger partial charge on any atom is 0.120 e. The van der Waals surface area contributed by atoms with Crippen LogP contribution in [0.15, 0.2) is 6.20 Å². The van der Waals surface area contributed by atoms with Crippen molar-refractivity contribution in [2.45, 2.75) is 20.3 Å². The minimum absolute atomic E-state index is 0.692. The molecule has 0 aliphatic rings. The van der Waals surface area contributed by atoms with Gasteiger partial charge in [0.1, 0.15) is 11.8 Å². The predicted octanol–water partition coefficient (Wildman–Crippen LogP) is 1.76. The summed E-state index contributed by atoms with van der Waals surface area (Å²) in [5.74, 6) is 0. The molecule has 1 aromatic heterocycles. The van der Waals surface area contributed by atoms with Crippen molar-refractivity contribution in [1.82, 2.24) is 4.98 Å². The molecule has 0 fully saturated rings. The molecule has 52 valence electrons. The van der Waals surface area contributed by atoms with Crippen LogP contribution in [0.1, 0.15) is 23.7 Å². The number of hydrogen-bond acceptors (Lipinski definition) is 1. The summed E-state index contributed by atoms with van der Waals surface area (Å²) in [6.45, 7) is 4.05. The Morgan fingerprint density at radius 2 is 2.40 bits per heavy atom. The molecule has 0 aliphatic carbocycles. The van der Waals surface area contributed by atoms with Gasteiger partial charge in [-0.2, -0.15) is 5.26 Å². The summed E-state index contributed by atoms with van der Waals surface area (Å²) in [6, 6.07) is 2.09. The van der Waals surface area contributed by atoms with Crippen LogP contribution in [0.3, 0.4) is 0 Å². The molecule has 0 radical (unpaired) electrons. The number of aromatic amines is 1. The van der Waals surface area contributed by atoms with Crippen molar-refractivity contribution >= 4 is 0 Å². The summed E-state index contributed by atoms with van der Waals surface area (Å²) < 4.78 is 0. The Morgan fingerprint density at radius 3 is 2.70 bits per heavy atom. The van der Waals surface area contributed by atoms with E-state index < -0.39 is 0 Å². The number of H-pyrrole nitrogens is 1. The minimum atomic E-state index is 0.692. The van der Waals surface area contributed by atoms with Crippen LogP contribution in [0, 0.1) is 18.3 Å². The first-order chi connectivity index (χ1) is 4.79. The van der Waals surface area contributed by atoms with Crippen LogP contribution in [-0.4, -0.2) is 4.98 Å². The lowest BCUT2D eigenvalue weighted by molar-refractivity contribution is 1.12. The van der Waals surface area contributed by atoms with Gasteiger partial charge >= 0.3 is 0 Å². The average Bonchev–Trinajstić information content (AvgIpc) is 2.30. The molecule has 1 aromatic rings. The Kier molecular flexibility index (Phi) is 1.77. The van der Waals surface area contributed by atoms with E-state index in [-0.39, 0.29) is 0 Å². The van der Waals surface area contributed by atoms with E-state index >= 15 is 0 Å². The third-order valence-corrected chi connectivity index (χ3v) is 1.74. The highest BCUT2D eigenvalue weighted by atomic mass is 14.7. The van der Waals surface area contributed by atoms with Crippen LogP contribution in [0.5, 0.6) is 0 Å². The van der Waals surface area contributed by atoms with Gasteiger partial charge in [-0.3, -0.25) is 0 Å². The number of aryl methyl sites for hydroxylation is 1. The molecule has 0 unspecified atom stereocenters. The molecule has 0 amide bonds. The second kappa shape index (κ2) is 2.57. The minimum Gasteiger partial charge on any atom is -0.353 e. The van der Waals surface area contributed by atoms with E-state index in [0.29, 0.717) is 5.69 Å².